The van der Waals surface area contributed by atoms with Gasteiger partial charge in [-0.3, -0.25) is 4.79 Å². The van der Waals surface area contributed by atoms with E-state index in [1.807, 2.05) is 6.08 Å². The van der Waals surface area contributed by atoms with E-state index in [1.54, 1.807) is 0 Å². The minimum absolute atomic E-state index is 0.0125. The van der Waals surface area contributed by atoms with Gasteiger partial charge in [0, 0.05) is 10.8 Å². The van der Waals surface area contributed by atoms with Gasteiger partial charge in [0.15, 0.2) is 0 Å². The molecule has 1 heterocycles. The number of carbonyl (C=O) groups is 1. The summed E-state index contributed by atoms with van der Waals surface area (Å²) in [6.45, 7) is 4.03. The predicted molar refractivity (Wildman–Crippen MR) is 74.2 cm³/mol. The average molecular weight is 280 g/mol. The monoisotopic (exact) mass is 280 g/mol. The highest BCUT2D eigenvalue weighted by atomic mass is 32.1. The first-order valence-corrected chi connectivity index (χ1v) is 6.86. The normalized spacial score (nSPS) is 18.5. The van der Waals surface area contributed by atoms with E-state index in [2.05, 4.69) is 26.9 Å². The summed E-state index contributed by atoms with van der Waals surface area (Å²) in [5.41, 5.74) is 8.87. The molecule has 7 heteroatoms. The van der Waals surface area contributed by atoms with Crippen molar-refractivity contribution in [3.05, 3.63) is 23.2 Å². The lowest BCUT2D eigenvalue weighted by Crippen LogP contribution is -2.30. The zero-order chi connectivity index (χ0) is 13.7. The van der Waals surface area contributed by atoms with Crippen molar-refractivity contribution < 1.29 is 9.63 Å². The summed E-state index contributed by atoms with van der Waals surface area (Å²) in [4.78, 5) is 24.2. The number of nitrogens with zero attached hydrogens (tertiary/aromatic N) is 2. The molecule has 0 saturated carbocycles. The fraction of sp³-hybridized carbons (Fsp3) is 0.417. The van der Waals surface area contributed by atoms with E-state index in [1.165, 1.54) is 22.6 Å². The van der Waals surface area contributed by atoms with E-state index < -0.39 is 0 Å². The van der Waals surface area contributed by atoms with Gasteiger partial charge in [0.25, 0.3) is 0 Å². The van der Waals surface area contributed by atoms with Gasteiger partial charge < -0.3 is 10.6 Å². The zero-order valence-corrected chi connectivity index (χ0v) is 11.3. The summed E-state index contributed by atoms with van der Waals surface area (Å²) in [6.07, 6.45) is 6.19. The number of allylic oxidation sites excluding steroid dienone is 1. The van der Waals surface area contributed by atoms with Crippen LogP contribution in [0.1, 0.15) is 35.8 Å². The van der Waals surface area contributed by atoms with Crippen LogP contribution in [0.25, 0.3) is 0 Å². The summed E-state index contributed by atoms with van der Waals surface area (Å²) >= 11 is 1.53. The standard InChI is InChI=1S/C12H16N4O2S/c1-2-4-8-5-3-6-9-10(8)14-12(19-9)15-11(13)16-18-7-17/h2,7-8H,1,3-6H2,(H3,13,14,15,16). The Labute approximate surface area is 115 Å². The number of guanidine groups is 1. The molecule has 1 aliphatic rings. The molecule has 0 saturated heterocycles. The van der Waals surface area contributed by atoms with Crippen molar-refractivity contribution in [2.75, 3.05) is 0 Å². The molecule has 1 aromatic heterocycles. The fourth-order valence-electron chi connectivity index (χ4n) is 2.18. The predicted octanol–water partition coefficient (Wildman–Crippen LogP) is 1.76. The molecule has 0 aromatic carbocycles. The molecule has 3 N–H and O–H groups in total. The van der Waals surface area contributed by atoms with Gasteiger partial charge in [-0.15, -0.1) is 6.58 Å². The molecule has 102 valence electrons. The van der Waals surface area contributed by atoms with Crippen LogP contribution < -0.4 is 11.2 Å². The number of hydroxylamine groups is 1. The molecule has 1 aliphatic carbocycles. The number of carbonyl (C=O) groups excluding carboxylic acids is 1. The Kier molecular flexibility index (Phi) is 4.51. The Hall–Kier alpha value is -1.89. The molecule has 0 spiro atoms. The maximum absolute atomic E-state index is 10.0. The Morgan fingerprint density at radius 2 is 2.58 bits per heavy atom. The van der Waals surface area contributed by atoms with E-state index in [0.29, 0.717) is 11.0 Å². The molecule has 2 rings (SSSR count). The Morgan fingerprint density at radius 3 is 3.32 bits per heavy atom. The second kappa shape index (κ2) is 6.33. The van der Waals surface area contributed by atoms with Crippen molar-refractivity contribution in [3.63, 3.8) is 0 Å². The molecule has 1 atom stereocenters. The number of fused-ring (bicyclic) bond motifs is 1. The van der Waals surface area contributed by atoms with E-state index >= 15 is 0 Å². The number of rotatable bonds is 5. The first-order valence-electron chi connectivity index (χ1n) is 6.04. The topological polar surface area (TPSA) is 89.6 Å². The molecule has 0 amide bonds. The quantitative estimate of drug-likeness (QED) is 0.282. The Bertz CT molecular complexity index is 498. The number of aliphatic imine (C=N–C) groups is 1. The minimum atomic E-state index is 0.0125. The molecule has 0 bridgehead atoms. The van der Waals surface area contributed by atoms with Crippen molar-refractivity contribution >= 4 is 28.9 Å². The van der Waals surface area contributed by atoms with Crippen molar-refractivity contribution in [2.45, 2.75) is 31.6 Å². The average Bonchev–Trinajstić information content (AvgIpc) is 2.80. The van der Waals surface area contributed by atoms with Crippen molar-refractivity contribution in [1.82, 2.24) is 10.5 Å². The molecule has 6 nitrogen and oxygen atoms in total. The van der Waals surface area contributed by atoms with Crippen LogP contribution >= 0.6 is 11.3 Å². The van der Waals surface area contributed by atoms with Crippen LogP contribution in [0, 0.1) is 0 Å². The Morgan fingerprint density at radius 1 is 1.74 bits per heavy atom. The van der Waals surface area contributed by atoms with Gasteiger partial charge in [-0.2, -0.15) is 10.5 Å². The van der Waals surface area contributed by atoms with Gasteiger partial charge in [-0.1, -0.05) is 17.4 Å². The first-order chi connectivity index (χ1) is 9.24. The lowest BCUT2D eigenvalue weighted by molar-refractivity contribution is -0.132. The third-order valence-electron chi connectivity index (χ3n) is 2.94. The van der Waals surface area contributed by atoms with Gasteiger partial charge in [0.2, 0.25) is 11.1 Å². The largest absolute Gasteiger partial charge is 0.367 e. The van der Waals surface area contributed by atoms with Crippen LogP contribution in [0.5, 0.6) is 0 Å². The highest BCUT2D eigenvalue weighted by Crippen LogP contribution is 2.39. The molecular formula is C12H16N4O2S. The smallest absolute Gasteiger partial charge is 0.320 e. The summed E-state index contributed by atoms with van der Waals surface area (Å²) in [6, 6.07) is 0. The zero-order valence-electron chi connectivity index (χ0n) is 10.5. The third-order valence-corrected chi connectivity index (χ3v) is 3.96. The third kappa shape index (κ3) is 3.31. The maximum Gasteiger partial charge on any atom is 0.320 e. The molecule has 1 aromatic rings. The summed E-state index contributed by atoms with van der Waals surface area (Å²) in [5, 5.41) is 0.584. The maximum atomic E-state index is 10.0. The second-order valence-corrected chi connectivity index (χ2v) is 5.29. The highest BCUT2D eigenvalue weighted by Gasteiger charge is 2.23. The number of nitrogens with two attached hydrogens (primary N) is 1. The van der Waals surface area contributed by atoms with Gasteiger partial charge in [-0.05, 0) is 25.7 Å². The summed E-state index contributed by atoms with van der Waals surface area (Å²) < 4.78 is 0. The molecule has 0 fully saturated rings. The van der Waals surface area contributed by atoms with Crippen LogP contribution in [0.4, 0.5) is 5.13 Å². The van der Waals surface area contributed by atoms with Crippen molar-refractivity contribution in [3.8, 4) is 0 Å². The van der Waals surface area contributed by atoms with E-state index in [4.69, 9.17) is 5.73 Å². The van der Waals surface area contributed by atoms with Crippen LogP contribution in [0.3, 0.4) is 0 Å². The second-order valence-electron chi connectivity index (χ2n) is 4.23. The van der Waals surface area contributed by atoms with Gasteiger partial charge in [-0.25, -0.2) is 4.98 Å². The van der Waals surface area contributed by atoms with E-state index in [0.717, 1.165) is 25.0 Å². The number of thiazole rings is 1. The van der Waals surface area contributed by atoms with Gasteiger partial charge in [0.05, 0.1) is 5.69 Å². The summed E-state index contributed by atoms with van der Waals surface area (Å²) in [7, 11) is 0. The molecule has 0 aliphatic heterocycles. The Balaban J connectivity index is 2.16. The SMILES string of the molecule is C=CCC1CCCc2sc(N=C(N)NOC=O)nc21. The number of hydrogen-bond donors (Lipinski definition) is 2. The van der Waals surface area contributed by atoms with Crippen LogP contribution in [0.2, 0.25) is 0 Å². The molecule has 1 unspecified atom stereocenters. The van der Waals surface area contributed by atoms with Crippen LogP contribution in [-0.2, 0) is 16.1 Å². The lowest BCUT2D eigenvalue weighted by atomic mass is 9.89. The lowest BCUT2D eigenvalue weighted by Gasteiger charge is -2.19. The van der Waals surface area contributed by atoms with Crippen molar-refractivity contribution in [1.29, 1.82) is 0 Å². The number of nitrogens with one attached hydrogen (secondary N) is 1. The number of aromatic nitrogens is 1. The van der Waals surface area contributed by atoms with E-state index in [-0.39, 0.29) is 12.4 Å². The summed E-state index contributed by atoms with van der Waals surface area (Å²) in [5.74, 6) is 0.445. The molecule has 19 heavy (non-hydrogen) atoms. The molecular weight excluding hydrogens is 264 g/mol. The fourth-order valence-corrected chi connectivity index (χ4v) is 3.25. The van der Waals surface area contributed by atoms with Crippen molar-refractivity contribution in [2.24, 2.45) is 10.7 Å². The minimum Gasteiger partial charge on any atom is -0.367 e. The first kappa shape index (κ1) is 13.5. The van der Waals surface area contributed by atoms with E-state index in [9.17, 15) is 4.79 Å². The van der Waals surface area contributed by atoms with Gasteiger partial charge >= 0.3 is 6.47 Å². The van der Waals surface area contributed by atoms with Gasteiger partial charge in [0.1, 0.15) is 0 Å². The number of hydrogen-bond acceptors (Lipinski definition) is 5. The van der Waals surface area contributed by atoms with Crippen LogP contribution in [0.15, 0.2) is 17.6 Å². The highest BCUT2D eigenvalue weighted by molar-refractivity contribution is 7.15. The number of aryl methyl sites for hydroxylation is 1. The van der Waals surface area contributed by atoms with Crippen LogP contribution in [-0.4, -0.2) is 17.4 Å². The molecule has 0 radical (unpaired) electrons.